The van der Waals surface area contributed by atoms with E-state index in [1.54, 1.807) is 41.0 Å². The van der Waals surface area contributed by atoms with Crippen molar-refractivity contribution in [1.82, 2.24) is 14.0 Å². The number of likely N-dealkylation sites (N-methyl/N-ethyl adjacent to an activating group) is 1. The van der Waals surface area contributed by atoms with Gasteiger partial charge in [0, 0.05) is 12.1 Å². The van der Waals surface area contributed by atoms with Crippen molar-refractivity contribution in [3.63, 3.8) is 0 Å². The number of Topliss-reactive ketones (excluding diaryl/α,β-unsaturated/α-hetero) is 1. The SMILES string of the molecule is CN1CCCC(n2c(=O)c3ccccc3n(Cc3ccc(C(=O)CO)cc3)c2=O)C1. The number of para-hydroxylation sites is 1. The maximum Gasteiger partial charge on any atom is 0.332 e. The molecule has 0 amide bonds. The average molecular weight is 407 g/mol. The number of carbonyl (C=O) groups excluding carboxylic acids is 1. The van der Waals surface area contributed by atoms with Gasteiger partial charge in [-0.15, -0.1) is 0 Å². The number of piperidine rings is 1. The van der Waals surface area contributed by atoms with Gasteiger partial charge in [0.25, 0.3) is 5.56 Å². The molecule has 1 aliphatic heterocycles. The fourth-order valence-electron chi connectivity index (χ4n) is 4.23. The Morgan fingerprint density at radius 2 is 1.83 bits per heavy atom. The number of rotatable bonds is 5. The lowest BCUT2D eigenvalue weighted by atomic mass is 10.1. The first-order valence-electron chi connectivity index (χ1n) is 10.1. The van der Waals surface area contributed by atoms with Gasteiger partial charge in [-0.3, -0.25) is 18.7 Å². The Morgan fingerprint density at radius 1 is 1.10 bits per heavy atom. The summed E-state index contributed by atoms with van der Waals surface area (Å²) < 4.78 is 3.05. The molecule has 7 heteroatoms. The Bertz CT molecular complexity index is 1190. The van der Waals surface area contributed by atoms with E-state index in [1.165, 1.54) is 4.57 Å². The smallest absolute Gasteiger partial charge is 0.332 e. The summed E-state index contributed by atoms with van der Waals surface area (Å²) in [6.45, 7) is 1.39. The zero-order valence-electron chi connectivity index (χ0n) is 17.0. The first-order chi connectivity index (χ1) is 14.5. The van der Waals surface area contributed by atoms with Gasteiger partial charge in [0.1, 0.15) is 6.61 Å². The van der Waals surface area contributed by atoms with Crippen LogP contribution >= 0.6 is 0 Å². The van der Waals surface area contributed by atoms with E-state index in [-0.39, 0.29) is 29.6 Å². The van der Waals surface area contributed by atoms with Crippen molar-refractivity contribution >= 4 is 16.7 Å². The molecule has 2 aromatic carbocycles. The molecular weight excluding hydrogens is 382 g/mol. The molecule has 0 spiro atoms. The highest BCUT2D eigenvalue weighted by Gasteiger charge is 2.24. The molecule has 3 aromatic rings. The van der Waals surface area contributed by atoms with Gasteiger partial charge in [-0.2, -0.15) is 0 Å². The Balaban J connectivity index is 1.82. The number of aliphatic hydroxyl groups excluding tert-OH is 1. The van der Waals surface area contributed by atoms with Gasteiger partial charge in [-0.05, 0) is 44.1 Å². The molecule has 1 aliphatic rings. The summed E-state index contributed by atoms with van der Waals surface area (Å²) in [5.41, 5.74) is 1.31. The van der Waals surface area contributed by atoms with Crippen LogP contribution in [0, 0.1) is 0 Å². The molecule has 7 nitrogen and oxygen atoms in total. The van der Waals surface area contributed by atoms with E-state index >= 15 is 0 Å². The molecule has 1 saturated heterocycles. The maximum absolute atomic E-state index is 13.5. The molecule has 0 radical (unpaired) electrons. The first-order valence-corrected chi connectivity index (χ1v) is 10.1. The minimum absolute atomic E-state index is 0.149. The Morgan fingerprint density at radius 3 is 2.53 bits per heavy atom. The van der Waals surface area contributed by atoms with E-state index < -0.39 is 6.61 Å². The lowest BCUT2D eigenvalue weighted by molar-refractivity contribution is 0.0903. The summed E-state index contributed by atoms with van der Waals surface area (Å²) in [7, 11) is 2.01. The van der Waals surface area contributed by atoms with Gasteiger partial charge in [0.15, 0.2) is 5.78 Å². The second-order valence-electron chi connectivity index (χ2n) is 7.90. The summed E-state index contributed by atoms with van der Waals surface area (Å²) in [4.78, 5) is 40.4. The highest BCUT2D eigenvalue weighted by molar-refractivity contribution is 5.96. The van der Waals surface area contributed by atoms with Crippen molar-refractivity contribution in [2.45, 2.75) is 25.4 Å². The molecule has 0 saturated carbocycles. The van der Waals surface area contributed by atoms with Gasteiger partial charge in [-0.1, -0.05) is 36.4 Å². The Kier molecular flexibility index (Phi) is 5.65. The molecule has 1 fully saturated rings. The molecule has 0 aliphatic carbocycles. The first kappa shape index (κ1) is 20.3. The van der Waals surface area contributed by atoms with Crippen LogP contribution in [0.15, 0.2) is 58.1 Å². The fraction of sp³-hybridized carbons (Fsp3) is 0.348. The third-order valence-corrected chi connectivity index (χ3v) is 5.81. The van der Waals surface area contributed by atoms with E-state index in [9.17, 15) is 14.4 Å². The summed E-state index contributed by atoms with van der Waals surface area (Å²) in [5.74, 6) is -0.348. The molecule has 1 aromatic heterocycles. The van der Waals surface area contributed by atoms with E-state index in [4.69, 9.17) is 5.11 Å². The van der Waals surface area contributed by atoms with E-state index in [2.05, 4.69) is 4.90 Å². The largest absolute Gasteiger partial charge is 0.388 e. The van der Waals surface area contributed by atoms with E-state index in [0.717, 1.165) is 24.9 Å². The topological polar surface area (TPSA) is 84.5 Å². The van der Waals surface area contributed by atoms with Crippen LogP contribution in [0.4, 0.5) is 0 Å². The van der Waals surface area contributed by atoms with Crippen LogP contribution in [0.1, 0.15) is 34.8 Å². The van der Waals surface area contributed by atoms with Gasteiger partial charge in [-0.25, -0.2) is 4.79 Å². The summed E-state index contributed by atoms with van der Waals surface area (Å²) in [6, 6.07) is 13.9. The Hall–Kier alpha value is -3.03. The molecule has 2 heterocycles. The molecule has 156 valence electrons. The number of hydrogen-bond acceptors (Lipinski definition) is 5. The van der Waals surface area contributed by atoms with Gasteiger partial charge in [0.05, 0.1) is 23.5 Å². The van der Waals surface area contributed by atoms with Crippen molar-refractivity contribution in [3.8, 4) is 0 Å². The summed E-state index contributed by atoms with van der Waals surface area (Å²) in [6.07, 6.45) is 1.75. The van der Waals surface area contributed by atoms with E-state index in [1.807, 2.05) is 19.2 Å². The number of aromatic nitrogens is 2. The van der Waals surface area contributed by atoms with Crippen LogP contribution in [0.3, 0.4) is 0 Å². The van der Waals surface area contributed by atoms with Crippen molar-refractivity contribution in [2.24, 2.45) is 0 Å². The number of likely N-dealkylation sites (tertiary alicyclic amines) is 1. The Labute approximate surface area is 173 Å². The van der Waals surface area contributed by atoms with Crippen LogP contribution in [-0.4, -0.2) is 51.7 Å². The lowest BCUT2D eigenvalue weighted by Gasteiger charge is -2.31. The third-order valence-electron chi connectivity index (χ3n) is 5.81. The maximum atomic E-state index is 13.5. The summed E-state index contributed by atoms with van der Waals surface area (Å²) in [5, 5.41) is 9.54. The van der Waals surface area contributed by atoms with Gasteiger partial charge < -0.3 is 10.0 Å². The number of hydrogen-bond donors (Lipinski definition) is 1. The van der Waals surface area contributed by atoms with E-state index in [0.29, 0.717) is 23.0 Å². The predicted molar refractivity (Wildman–Crippen MR) is 115 cm³/mol. The lowest BCUT2D eigenvalue weighted by Crippen LogP contribution is -2.47. The van der Waals surface area contributed by atoms with Gasteiger partial charge in [0.2, 0.25) is 0 Å². The van der Waals surface area contributed by atoms with Gasteiger partial charge >= 0.3 is 5.69 Å². The van der Waals surface area contributed by atoms with Crippen LogP contribution in [0.2, 0.25) is 0 Å². The van der Waals surface area contributed by atoms with Crippen molar-refractivity contribution in [1.29, 1.82) is 0 Å². The zero-order chi connectivity index (χ0) is 21.3. The molecule has 4 rings (SSSR count). The molecule has 30 heavy (non-hydrogen) atoms. The predicted octanol–water partition coefficient (Wildman–Crippen LogP) is 1.65. The number of aliphatic hydroxyl groups is 1. The second kappa shape index (κ2) is 8.38. The number of benzene rings is 2. The highest BCUT2D eigenvalue weighted by atomic mass is 16.3. The highest BCUT2D eigenvalue weighted by Crippen LogP contribution is 2.19. The minimum Gasteiger partial charge on any atom is -0.388 e. The van der Waals surface area contributed by atoms with Crippen LogP contribution < -0.4 is 11.2 Å². The van der Waals surface area contributed by atoms with Crippen LogP contribution in [0.25, 0.3) is 10.9 Å². The van der Waals surface area contributed by atoms with Crippen molar-refractivity contribution in [3.05, 3.63) is 80.5 Å². The van der Waals surface area contributed by atoms with Crippen LogP contribution in [-0.2, 0) is 6.54 Å². The number of carbonyl (C=O) groups is 1. The molecule has 1 N–H and O–H groups in total. The van der Waals surface area contributed by atoms with Crippen molar-refractivity contribution in [2.75, 3.05) is 26.7 Å². The standard InChI is InChI=1S/C23H25N3O4/c1-24-12-4-5-18(14-24)26-22(29)19-6-2-3-7-20(19)25(23(26)30)13-16-8-10-17(11-9-16)21(28)15-27/h2-3,6-11,18,27H,4-5,12-15H2,1H3. The quantitative estimate of drug-likeness (QED) is 0.650. The molecular formula is C23H25N3O4. The zero-order valence-corrected chi connectivity index (χ0v) is 17.0. The molecule has 1 unspecified atom stereocenters. The van der Waals surface area contributed by atoms with Crippen molar-refractivity contribution < 1.29 is 9.90 Å². The second-order valence-corrected chi connectivity index (χ2v) is 7.90. The number of nitrogens with zero attached hydrogens (tertiary/aromatic N) is 3. The minimum atomic E-state index is -0.537. The average Bonchev–Trinajstić information content (AvgIpc) is 2.77. The van der Waals surface area contributed by atoms with Crippen LogP contribution in [0.5, 0.6) is 0 Å². The third kappa shape index (κ3) is 3.74. The monoisotopic (exact) mass is 407 g/mol. The number of ketones is 1. The molecule has 0 bridgehead atoms. The summed E-state index contributed by atoms with van der Waals surface area (Å²) >= 11 is 0. The fourth-order valence-corrected chi connectivity index (χ4v) is 4.23. The molecule has 1 atom stereocenters. The number of fused-ring (bicyclic) bond motifs is 1. The normalized spacial score (nSPS) is 17.3.